The van der Waals surface area contributed by atoms with Gasteiger partial charge in [0.15, 0.2) is 0 Å². The van der Waals surface area contributed by atoms with E-state index in [1.54, 1.807) is 0 Å². The summed E-state index contributed by atoms with van der Waals surface area (Å²) in [6.45, 7) is -0.664. The van der Waals surface area contributed by atoms with E-state index in [-0.39, 0.29) is 23.6 Å². The fraction of sp³-hybridized carbons (Fsp3) is 0.333. The lowest BCUT2D eigenvalue weighted by atomic mass is 9.92. The summed E-state index contributed by atoms with van der Waals surface area (Å²) < 4.78 is 83.2. The zero-order valence-corrected chi connectivity index (χ0v) is 24.9. The minimum Gasteiger partial charge on any atom is -0.497 e. The summed E-state index contributed by atoms with van der Waals surface area (Å²) in [6.07, 6.45) is -3.65. The van der Waals surface area contributed by atoms with Crippen molar-refractivity contribution in [2.24, 2.45) is 0 Å². The first-order valence-corrected chi connectivity index (χ1v) is 13.6. The molecule has 246 valence electrons. The van der Waals surface area contributed by atoms with Gasteiger partial charge in [0, 0.05) is 63.1 Å². The van der Waals surface area contributed by atoms with Crippen LogP contribution < -0.4 is 25.2 Å². The fourth-order valence-corrected chi connectivity index (χ4v) is 5.11. The summed E-state index contributed by atoms with van der Waals surface area (Å²) in [5.41, 5.74) is -1.81. The van der Waals surface area contributed by atoms with Crippen molar-refractivity contribution >= 4 is 23.4 Å². The van der Waals surface area contributed by atoms with Crippen LogP contribution in [0.5, 0.6) is 11.5 Å². The molecule has 0 spiro atoms. The summed E-state index contributed by atoms with van der Waals surface area (Å²) in [5.74, 6) is -6.68. The number of benzene rings is 2. The largest absolute Gasteiger partial charge is 0.573 e. The summed E-state index contributed by atoms with van der Waals surface area (Å²) in [5, 5.41) is 2.41. The molecule has 0 aliphatic carbocycles. The molecule has 1 aliphatic heterocycles. The van der Waals surface area contributed by atoms with Gasteiger partial charge in [-0.1, -0.05) is 0 Å². The number of pyridine rings is 1. The minimum absolute atomic E-state index is 0.151. The summed E-state index contributed by atoms with van der Waals surface area (Å²) >= 11 is 0. The van der Waals surface area contributed by atoms with E-state index in [1.165, 1.54) is 51.5 Å². The molecule has 2 heterocycles. The number of carbonyl (C=O) groups excluding carboxylic acids is 3. The highest BCUT2D eigenvalue weighted by Gasteiger charge is 2.46. The number of methoxy groups -OCH3 is 2. The number of likely N-dealkylation sites (N-methyl/N-ethyl adjacent to an activating group) is 1. The first-order chi connectivity index (χ1) is 21.7. The predicted molar refractivity (Wildman–Crippen MR) is 153 cm³/mol. The Morgan fingerprint density at radius 2 is 1.65 bits per heavy atom. The van der Waals surface area contributed by atoms with Crippen molar-refractivity contribution in [2.75, 3.05) is 46.4 Å². The van der Waals surface area contributed by atoms with Crippen molar-refractivity contribution in [3.05, 3.63) is 87.8 Å². The fourth-order valence-electron chi connectivity index (χ4n) is 5.11. The number of alkyl halides is 3. The topological polar surface area (TPSA) is 119 Å². The normalized spacial score (nSPS) is 17.1. The maximum Gasteiger partial charge on any atom is 0.573 e. The van der Waals surface area contributed by atoms with Gasteiger partial charge in [-0.05, 0) is 36.4 Å². The number of nitrogens with one attached hydrogen (secondary N) is 1. The van der Waals surface area contributed by atoms with Crippen molar-refractivity contribution in [3.63, 3.8) is 0 Å². The molecule has 46 heavy (non-hydrogen) atoms. The number of carbonyl (C=O) groups is 3. The number of amides is 3. The molecule has 0 bridgehead atoms. The Kier molecular flexibility index (Phi) is 9.99. The molecule has 3 atom stereocenters. The Balaban J connectivity index is 1.75. The maximum absolute atomic E-state index is 15.3. The summed E-state index contributed by atoms with van der Waals surface area (Å²) in [7, 11) is 5.50. The molecule has 1 N–H and O–H groups in total. The van der Waals surface area contributed by atoms with E-state index in [1.807, 2.05) is 0 Å². The standard InChI is InChI=1S/C30H29F5N4O7/c1-37(2)27(41)23(15-44-3)38-11-5-6-22(28(38)42)39-14-19(24-20(31)12-18(45-4)13-21(24)32)25(29(39)43)36-26(40)16-7-9-17(10-8-16)46-30(33,34)35/h5-13,19,23,25H,14-15H2,1-4H3,(H,36,40)/t19-,23?,25-/m0/s1. The van der Waals surface area contributed by atoms with Crippen LogP contribution >= 0.6 is 0 Å². The van der Waals surface area contributed by atoms with Crippen molar-refractivity contribution in [1.82, 2.24) is 14.8 Å². The van der Waals surface area contributed by atoms with Gasteiger partial charge in [0.25, 0.3) is 11.5 Å². The Morgan fingerprint density at radius 1 is 1.02 bits per heavy atom. The quantitative estimate of drug-likeness (QED) is 0.334. The number of ether oxygens (including phenoxy) is 3. The van der Waals surface area contributed by atoms with Gasteiger partial charge in [0.1, 0.15) is 40.9 Å². The molecule has 3 amide bonds. The molecule has 1 fully saturated rings. The van der Waals surface area contributed by atoms with E-state index in [0.29, 0.717) is 0 Å². The molecular weight excluding hydrogens is 623 g/mol. The Bertz CT molecular complexity index is 1650. The van der Waals surface area contributed by atoms with Crippen LogP contribution in [0.1, 0.15) is 27.9 Å². The molecule has 16 heteroatoms. The Hall–Kier alpha value is -4.99. The SMILES string of the molecule is COCC(C(=O)N(C)C)n1cccc(N2C[C@@H](c3c(F)cc(OC)cc3F)[C@H](NC(=O)c3ccc(OC(F)(F)F)cc3)C2=O)c1=O. The number of nitrogens with zero attached hydrogens (tertiary/aromatic N) is 3. The highest BCUT2D eigenvalue weighted by atomic mass is 19.4. The lowest BCUT2D eigenvalue weighted by Crippen LogP contribution is -2.45. The second-order valence-corrected chi connectivity index (χ2v) is 10.4. The van der Waals surface area contributed by atoms with E-state index in [9.17, 15) is 32.3 Å². The van der Waals surface area contributed by atoms with Gasteiger partial charge < -0.3 is 29.3 Å². The Morgan fingerprint density at radius 3 is 2.20 bits per heavy atom. The van der Waals surface area contributed by atoms with Crippen molar-refractivity contribution in [1.29, 1.82) is 0 Å². The van der Waals surface area contributed by atoms with Crippen LogP contribution in [-0.4, -0.2) is 81.1 Å². The molecule has 1 aromatic heterocycles. The van der Waals surface area contributed by atoms with Crippen LogP contribution in [-0.2, 0) is 14.3 Å². The third kappa shape index (κ3) is 7.11. The van der Waals surface area contributed by atoms with Crippen molar-refractivity contribution in [3.8, 4) is 11.5 Å². The zero-order valence-electron chi connectivity index (χ0n) is 24.9. The van der Waals surface area contributed by atoms with E-state index < -0.39 is 77.1 Å². The van der Waals surface area contributed by atoms with Gasteiger partial charge in [0.2, 0.25) is 11.8 Å². The summed E-state index contributed by atoms with van der Waals surface area (Å²) in [4.78, 5) is 55.8. The lowest BCUT2D eigenvalue weighted by Gasteiger charge is -2.24. The van der Waals surface area contributed by atoms with Gasteiger partial charge in [-0.15, -0.1) is 13.2 Å². The number of hydrogen-bond donors (Lipinski definition) is 1. The average Bonchev–Trinajstić information content (AvgIpc) is 3.29. The van der Waals surface area contributed by atoms with Crippen LogP contribution in [0.3, 0.4) is 0 Å². The van der Waals surface area contributed by atoms with Crippen LogP contribution in [0.2, 0.25) is 0 Å². The number of aromatic nitrogens is 1. The first-order valence-electron chi connectivity index (χ1n) is 13.6. The predicted octanol–water partition coefficient (Wildman–Crippen LogP) is 3.24. The van der Waals surface area contributed by atoms with Crippen LogP contribution in [0.4, 0.5) is 27.6 Å². The minimum atomic E-state index is -4.97. The van der Waals surface area contributed by atoms with Gasteiger partial charge in [-0.25, -0.2) is 8.78 Å². The molecule has 4 rings (SSSR count). The van der Waals surface area contributed by atoms with E-state index in [2.05, 4.69) is 10.1 Å². The smallest absolute Gasteiger partial charge is 0.497 e. The second kappa shape index (κ2) is 13.6. The number of hydrogen-bond acceptors (Lipinski definition) is 7. The molecule has 0 saturated carbocycles. The monoisotopic (exact) mass is 652 g/mol. The molecule has 2 aromatic carbocycles. The molecule has 1 unspecified atom stereocenters. The Labute approximate surface area is 259 Å². The van der Waals surface area contributed by atoms with Gasteiger partial charge in [0.05, 0.1) is 13.7 Å². The number of halogens is 5. The third-order valence-corrected chi connectivity index (χ3v) is 7.24. The van der Waals surface area contributed by atoms with Crippen LogP contribution in [0.25, 0.3) is 0 Å². The number of rotatable bonds is 10. The molecule has 3 aromatic rings. The van der Waals surface area contributed by atoms with Crippen LogP contribution in [0.15, 0.2) is 59.5 Å². The highest BCUT2D eigenvalue weighted by Crippen LogP contribution is 2.36. The van der Waals surface area contributed by atoms with Gasteiger partial charge in [-0.3, -0.25) is 23.7 Å². The average molecular weight is 653 g/mol. The van der Waals surface area contributed by atoms with Crippen LogP contribution in [0, 0.1) is 11.6 Å². The van der Waals surface area contributed by atoms with E-state index in [4.69, 9.17) is 9.47 Å². The summed E-state index contributed by atoms with van der Waals surface area (Å²) in [6, 6.07) is 5.47. The van der Waals surface area contributed by atoms with Crippen molar-refractivity contribution in [2.45, 2.75) is 24.4 Å². The van der Waals surface area contributed by atoms with E-state index in [0.717, 1.165) is 45.9 Å². The number of anilines is 1. The van der Waals surface area contributed by atoms with E-state index >= 15 is 8.78 Å². The van der Waals surface area contributed by atoms with Gasteiger partial charge in [-0.2, -0.15) is 0 Å². The maximum atomic E-state index is 15.3. The molecule has 1 saturated heterocycles. The van der Waals surface area contributed by atoms with Crippen molar-refractivity contribution < 1.29 is 50.5 Å². The molecule has 0 radical (unpaired) electrons. The highest BCUT2D eigenvalue weighted by molar-refractivity contribution is 6.05. The zero-order chi connectivity index (χ0) is 33.9. The lowest BCUT2D eigenvalue weighted by molar-refractivity contribution is -0.274. The first kappa shape index (κ1) is 33.9. The molecule has 11 nitrogen and oxygen atoms in total. The second-order valence-electron chi connectivity index (χ2n) is 10.4. The third-order valence-electron chi connectivity index (χ3n) is 7.24. The van der Waals surface area contributed by atoms with Gasteiger partial charge >= 0.3 is 6.36 Å². The molecular formula is C30H29F5N4O7. The molecule has 1 aliphatic rings.